The highest BCUT2D eigenvalue weighted by molar-refractivity contribution is 9.11. The van der Waals surface area contributed by atoms with Gasteiger partial charge in [0.2, 0.25) is 0 Å². The van der Waals surface area contributed by atoms with Gasteiger partial charge in [0, 0.05) is 15.8 Å². The molecule has 0 fully saturated rings. The fourth-order valence-corrected chi connectivity index (χ4v) is 3.65. The van der Waals surface area contributed by atoms with E-state index in [0.29, 0.717) is 11.7 Å². The quantitative estimate of drug-likeness (QED) is 0.563. The summed E-state index contributed by atoms with van der Waals surface area (Å²) >= 11 is 5.10. The third kappa shape index (κ3) is 4.65. The van der Waals surface area contributed by atoms with Crippen LogP contribution in [0.1, 0.15) is 26.7 Å². The molecule has 1 rings (SSSR count). The summed E-state index contributed by atoms with van der Waals surface area (Å²) in [6.45, 7) is 8.45. The van der Waals surface area contributed by atoms with Crippen LogP contribution in [0.15, 0.2) is 33.2 Å². The van der Waals surface area contributed by atoms with E-state index in [9.17, 15) is 4.79 Å². The van der Waals surface area contributed by atoms with Gasteiger partial charge in [-0.15, -0.1) is 11.8 Å². The van der Waals surface area contributed by atoms with Gasteiger partial charge in [0.15, 0.2) is 0 Å². The van der Waals surface area contributed by atoms with E-state index in [1.54, 1.807) is 11.8 Å². The van der Waals surface area contributed by atoms with Crippen molar-refractivity contribution in [3.05, 3.63) is 33.2 Å². The maximum absolute atomic E-state index is 11.2. The lowest BCUT2D eigenvalue weighted by Crippen LogP contribution is -2.04. The number of hydrogen-bond acceptors (Lipinski definition) is 3. The van der Waals surface area contributed by atoms with Gasteiger partial charge in [0.1, 0.15) is 0 Å². The van der Waals surface area contributed by atoms with Crippen LogP contribution < -0.4 is 0 Å². The zero-order valence-corrected chi connectivity index (χ0v) is 13.5. The molecule has 0 unspecified atom stereocenters. The molecule has 100 valence electrons. The smallest absolute Gasteiger partial charge is 0.315 e. The van der Waals surface area contributed by atoms with Gasteiger partial charge in [-0.3, -0.25) is 4.79 Å². The Bertz CT molecular complexity index is 408. The molecule has 0 saturated heterocycles. The molecule has 0 aromatic rings. The van der Waals surface area contributed by atoms with Crippen LogP contribution in [0.3, 0.4) is 0 Å². The lowest BCUT2D eigenvalue weighted by molar-refractivity contribution is -0.137. The van der Waals surface area contributed by atoms with Gasteiger partial charge in [-0.1, -0.05) is 41.9 Å². The molecule has 0 heterocycles. The second kappa shape index (κ2) is 7.19. The number of halogens is 1. The third-order valence-electron chi connectivity index (χ3n) is 2.73. The average molecular weight is 331 g/mol. The van der Waals surface area contributed by atoms with E-state index in [2.05, 4.69) is 47.2 Å². The van der Waals surface area contributed by atoms with Gasteiger partial charge in [-0.25, -0.2) is 0 Å². The largest absolute Gasteiger partial charge is 0.468 e. The minimum absolute atomic E-state index is 0.191. The Morgan fingerprint density at radius 1 is 1.56 bits per heavy atom. The standard InChI is InChI=1S/C14H19BrO2S/c1-9(2)12-6-10(3)5-11(15)7-13(12)18-8-14(16)17-4/h7,9H,3,5-6,8H2,1-2,4H3. The molecule has 0 aromatic heterocycles. The zero-order valence-electron chi connectivity index (χ0n) is 11.1. The molecule has 0 atom stereocenters. The van der Waals surface area contributed by atoms with Crippen molar-refractivity contribution in [1.82, 2.24) is 0 Å². The summed E-state index contributed by atoms with van der Waals surface area (Å²) in [7, 11) is 1.42. The summed E-state index contributed by atoms with van der Waals surface area (Å²) in [4.78, 5) is 12.4. The van der Waals surface area contributed by atoms with Gasteiger partial charge in [0.25, 0.3) is 0 Å². The molecule has 0 amide bonds. The number of rotatable bonds is 4. The Hall–Kier alpha value is -0.480. The summed E-state index contributed by atoms with van der Waals surface area (Å²) < 4.78 is 5.80. The maximum Gasteiger partial charge on any atom is 0.315 e. The number of methoxy groups -OCH3 is 1. The minimum atomic E-state index is -0.191. The van der Waals surface area contributed by atoms with E-state index in [1.165, 1.54) is 23.2 Å². The van der Waals surface area contributed by atoms with Gasteiger partial charge in [-0.2, -0.15) is 0 Å². The molecule has 0 radical (unpaired) electrons. The number of esters is 1. The van der Waals surface area contributed by atoms with Crippen molar-refractivity contribution in [1.29, 1.82) is 0 Å². The van der Waals surface area contributed by atoms with E-state index < -0.39 is 0 Å². The monoisotopic (exact) mass is 330 g/mol. The van der Waals surface area contributed by atoms with Crippen LogP contribution >= 0.6 is 27.7 Å². The molecule has 18 heavy (non-hydrogen) atoms. The lowest BCUT2D eigenvalue weighted by Gasteiger charge is -2.14. The Morgan fingerprint density at radius 3 is 2.78 bits per heavy atom. The van der Waals surface area contributed by atoms with Crippen LogP contribution in [0.4, 0.5) is 0 Å². The van der Waals surface area contributed by atoms with Crippen molar-refractivity contribution >= 4 is 33.7 Å². The predicted octanol–water partition coefficient (Wildman–Crippen LogP) is 4.43. The summed E-state index contributed by atoms with van der Waals surface area (Å²) in [5.74, 6) is 0.616. The molecule has 0 aliphatic heterocycles. The Labute approximate surface area is 122 Å². The van der Waals surface area contributed by atoms with Crippen LogP contribution in [-0.4, -0.2) is 18.8 Å². The van der Waals surface area contributed by atoms with E-state index in [-0.39, 0.29) is 5.97 Å². The summed E-state index contributed by atoms with van der Waals surface area (Å²) in [5.41, 5.74) is 2.55. The Balaban J connectivity index is 2.95. The van der Waals surface area contributed by atoms with Gasteiger partial charge in [-0.05, 0) is 24.0 Å². The molecule has 4 heteroatoms. The van der Waals surface area contributed by atoms with Crippen LogP contribution in [0.2, 0.25) is 0 Å². The van der Waals surface area contributed by atoms with Crippen LogP contribution in [0.25, 0.3) is 0 Å². The summed E-state index contributed by atoms with van der Waals surface area (Å²) in [5, 5.41) is 0. The van der Waals surface area contributed by atoms with E-state index >= 15 is 0 Å². The molecular formula is C14H19BrO2S. The first-order chi connectivity index (χ1) is 8.43. The number of hydrogen-bond donors (Lipinski definition) is 0. The first kappa shape index (κ1) is 15.6. The zero-order chi connectivity index (χ0) is 13.7. The van der Waals surface area contributed by atoms with Gasteiger partial charge in [0.05, 0.1) is 12.9 Å². The average Bonchev–Trinajstić information content (AvgIpc) is 2.44. The van der Waals surface area contributed by atoms with Crippen molar-refractivity contribution in [3.8, 4) is 0 Å². The van der Waals surface area contributed by atoms with E-state index in [0.717, 1.165) is 17.3 Å². The van der Waals surface area contributed by atoms with Crippen molar-refractivity contribution in [2.75, 3.05) is 12.9 Å². The van der Waals surface area contributed by atoms with Crippen LogP contribution in [0.5, 0.6) is 0 Å². The Kier molecular flexibility index (Phi) is 6.22. The SMILES string of the molecule is C=C1CC(Br)=CC(SCC(=O)OC)=C(C(C)C)C1. The second-order valence-corrected chi connectivity index (χ2v) is 6.64. The van der Waals surface area contributed by atoms with Crippen LogP contribution in [-0.2, 0) is 9.53 Å². The molecule has 0 aromatic carbocycles. The first-order valence-corrected chi connectivity index (χ1v) is 7.67. The molecule has 2 nitrogen and oxygen atoms in total. The van der Waals surface area contributed by atoms with Crippen LogP contribution in [0, 0.1) is 5.92 Å². The summed E-state index contributed by atoms with van der Waals surface area (Å²) in [6, 6.07) is 0. The highest BCUT2D eigenvalue weighted by Gasteiger charge is 2.17. The highest BCUT2D eigenvalue weighted by atomic mass is 79.9. The Morgan fingerprint density at radius 2 is 2.22 bits per heavy atom. The predicted molar refractivity (Wildman–Crippen MR) is 81.7 cm³/mol. The van der Waals surface area contributed by atoms with Crippen molar-refractivity contribution in [2.24, 2.45) is 5.92 Å². The summed E-state index contributed by atoms with van der Waals surface area (Å²) in [6.07, 6.45) is 3.90. The maximum atomic E-state index is 11.2. The molecule has 1 aliphatic rings. The number of carbonyl (C=O) groups is 1. The molecular weight excluding hydrogens is 312 g/mol. The number of carbonyl (C=O) groups excluding carboxylic acids is 1. The number of ether oxygens (including phenoxy) is 1. The minimum Gasteiger partial charge on any atom is -0.468 e. The van der Waals surface area contributed by atoms with Crippen molar-refractivity contribution < 1.29 is 9.53 Å². The topological polar surface area (TPSA) is 26.3 Å². The van der Waals surface area contributed by atoms with Gasteiger partial charge < -0.3 is 4.74 Å². The molecule has 1 aliphatic carbocycles. The molecule has 0 saturated carbocycles. The molecule has 0 bridgehead atoms. The highest BCUT2D eigenvalue weighted by Crippen LogP contribution is 2.37. The fourth-order valence-electron chi connectivity index (χ4n) is 1.76. The third-order valence-corrected chi connectivity index (χ3v) is 4.31. The first-order valence-electron chi connectivity index (χ1n) is 5.89. The van der Waals surface area contributed by atoms with Crippen molar-refractivity contribution in [2.45, 2.75) is 26.7 Å². The fraction of sp³-hybridized carbons (Fsp3) is 0.500. The molecule has 0 N–H and O–H groups in total. The van der Waals surface area contributed by atoms with E-state index in [4.69, 9.17) is 0 Å². The lowest BCUT2D eigenvalue weighted by atomic mass is 9.96. The molecule has 0 spiro atoms. The number of thioether (sulfide) groups is 1. The van der Waals surface area contributed by atoms with Crippen molar-refractivity contribution in [3.63, 3.8) is 0 Å². The van der Waals surface area contributed by atoms with Gasteiger partial charge >= 0.3 is 5.97 Å². The number of allylic oxidation sites excluding steroid dienone is 4. The van der Waals surface area contributed by atoms with E-state index in [1.807, 2.05) is 0 Å². The normalized spacial score (nSPS) is 16.7. The second-order valence-electron chi connectivity index (χ2n) is 4.60.